The lowest BCUT2D eigenvalue weighted by Crippen LogP contribution is -2.41. The summed E-state index contributed by atoms with van der Waals surface area (Å²) >= 11 is 1.40. The second kappa shape index (κ2) is 6.10. The Hall–Kier alpha value is -1.14. The van der Waals surface area contributed by atoms with Gasteiger partial charge in [-0.2, -0.15) is 0 Å². The van der Waals surface area contributed by atoms with Crippen molar-refractivity contribution in [2.24, 2.45) is 0 Å². The Morgan fingerprint density at radius 1 is 1.35 bits per heavy atom. The van der Waals surface area contributed by atoms with E-state index in [9.17, 15) is 4.79 Å². The molecule has 6 heteroatoms. The zero-order chi connectivity index (χ0) is 13.9. The maximum atomic E-state index is 12.3. The van der Waals surface area contributed by atoms with Crippen LogP contribution in [0, 0.1) is 0 Å². The molecule has 20 heavy (non-hydrogen) atoms. The van der Waals surface area contributed by atoms with Gasteiger partial charge < -0.3 is 10.6 Å². The van der Waals surface area contributed by atoms with E-state index in [-0.39, 0.29) is 5.91 Å². The number of carbonyl (C=O) groups excluding carboxylic acids is 1. The van der Waals surface area contributed by atoms with Gasteiger partial charge in [0.05, 0.1) is 12.1 Å². The summed E-state index contributed by atoms with van der Waals surface area (Å²) in [5.74, 6) is 0.190. The highest BCUT2D eigenvalue weighted by Crippen LogP contribution is 2.21. The standard InChI is InChI=1S/C14H22N4OS/c15-14-16-11(10-20-14)8-13(19)18-7-4-12(9-18)17-5-2-1-3-6-17/h10,12H,1-9H2,(H2,15,16). The highest BCUT2D eigenvalue weighted by Gasteiger charge is 2.30. The molecule has 2 saturated heterocycles. The zero-order valence-electron chi connectivity index (χ0n) is 11.8. The van der Waals surface area contributed by atoms with Crippen molar-refractivity contribution in [3.8, 4) is 0 Å². The molecule has 2 aliphatic rings. The number of aromatic nitrogens is 1. The predicted molar refractivity (Wildman–Crippen MR) is 80.6 cm³/mol. The number of nitrogens with two attached hydrogens (primary N) is 1. The molecule has 2 aliphatic heterocycles. The molecule has 1 aromatic heterocycles. The van der Waals surface area contributed by atoms with E-state index in [1.165, 1.54) is 43.7 Å². The Morgan fingerprint density at radius 3 is 2.85 bits per heavy atom. The summed E-state index contributed by atoms with van der Waals surface area (Å²) in [7, 11) is 0. The number of carbonyl (C=O) groups is 1. The van der Waals surface area contributed by atoms with Gasteiger partial charge in [0.2, 0.25) is 5.91 Å². The van der Waals surface area contributed by atoms with Crippen molar-refractivity contribution < 1.29 is 4.79 Å². The molecule has 0 aliphatic carbocycles. The zero-order valence-corrected chi connectivity index (χ0v) is 12.6. The van der Waals surface area contributed by atoms with E-state index in [2.05, 4.69) is 9.88 Å². The first-order valence-electron chi connectivity index (χ1n) is 7.44. The third-order valence-corrected chi connectivity index (χ3v) is 5.05. The van der Waals surface area contributed by atoms with Crippen molar-refractivity contribution in [1.82, 2.24) is 14.8 Å². The number of piperidine rings is 1. The fourth-order valence-corrected chi connectivity index (χ4v) is 3.78. The van der Waals surface area contributed by atoms with Gasteiger partial charge in [0.15, 0.2) is 5.13 Å². The molecule has 0 saturated carbocycles. The van der Waals surface area contributed by atoms with Gasteiger partial charge in [-0.3, -0.25) is 9.69 Å². The van der Waals surface area contributed by atoms with E-state index in [0.717, 1.165) is 25.2 Å². The largest absolute Gasteiger partial charge is 0.375 e. The van der Waals surface area contributed by atoms with Gasteiger partial charge in [0.1, 0.15) is 0 Å². The molecule has 0 aromatic carbocycles. The Morgan fingerprint density at radius 2 is 2.15 bits per heavy atom. The fourth-order valence-electron chi connectivity index (χ4n) is 3.22. The van der Waals surface area contributed by atoms with Gasteiger partial charge in [0.25, 0.3) is 0 Å². The van der Waals surface area contributed by atoms with Crippen molar-refractivity contribution in [2.45, 2.75) is 38.1 Å². The van der Waals surface area contributed by atoms with Crippen molar-refractivity contribution in [1.29, 1.82) is 0 Å². The van der Waals surface area contributed by atoms with Crippen LogP contribution in [-0.2, 0) is 11.2 Å². The molecular formula is C14H22N4OS. The Kier molecular flexibility index (Phi) is 4.21. The Bertz CT molecular complexity index is 469. The molecule has 0 radical (unpaired) electrons. The van der Waals surface area contributed by atoms with Crippen LogP contribution < -0.4 is 5.73 Å². The van der Waals surface area contributed by atoms with E-state index in [0.29, 0.717) is 17.6 Å². The molecule has 3 rings (SSSR count). The minimum Gasteiger partial charge on any atom is -0.375 e. The molecular weight excluding hydrogens is 272 g/mol. The molecule has 2 fully saturated rings. The maximum Gasteiger partial charge on any atom is 0.228 e. The van der Waals surface area contributed by atoms with Crippen LogP contribution in [0.4, 0.5) is 5.13 Å². The van der Waals surface area contributed by atoms with Gasteiger partial charge in [0, 0.05) is 24.5 Å². The monoisotopic (exact) mass is 294 g/mol. The lowest BCUT2D eigenvalue weighted by molar-refractivity contribution is -0.129. The minimum absolute atomic E-state index is 0.190. The highest BCUT2D eigenvalue weighted by molar-refractivity contribution is 7.13. The van der Waals surface area contributed by atoms with Crippen LogP contribution in [0.3, 0.4) is 0 Å². The molecule has 110 valence electrons. The molecule has 1 atom stereocenters. The van der Waals surface area contributed by atoms with Gasteiger partial charge in [-0.15, -0.1) is 11.3 Å². The number of likely N-dealkylation sites (tertiary alicyclic amines) is 2. The average molecular weight is 294 g/mol. The molecule has 0 bridgehead atoms. The Balaban J connectivity index is 1.52. The number of hydrogen-bond donors (Lipinski definition) is 1. The topological polar surface area (TPSA) is 62.5 Å². The summed E-state index contributed by atoms with van der Waals surface area (Å²) < 4.78 is 0. The van der Waals surface area contributed by atoms with Gasteiger partial charge >= 0.3 is 0 Å². The number of nitrogen functional groups attached to an aromatic ring is 1. The molecule has 2 N–H and O–H groups in total. The SMILES string of the molecule is Nc1nc(CC(=O)N2CCC(N3CCCCC3)C2)cs1. The van der Waals surface area contributed by atoms with Crippen molar-refractivity contribution in [2.75, 3.05) is 31.9 Å². The normalized spacial score (nSPS) is 24.2. The van der Waals surface area contributed by atoms with Crippen LogP contribution in [0.2, 0.25) is 0 Å². The molecule has 5 nitrogen and oxygen atoms in total. The van der Waals surface area contributed by atoms with E-state index in [4.69, 9.17) is 5.73 Å². The Labute approximate surface area is 123 Å². The molecule has 0 spiro atoms. The van der Waals surface area contributed by atoms with E-state index >= 15 is 0 Å². The van der Waals surface area contributed by atoms with E-state index in [1.807, 2.05) is 10.3 Å². The lowest BCUT2D eigenvalue weighted by atomic mass is 10.1. The van der Waals surface area contributed by atoms with Crippen LogP contribution in [0.1, 0.15) is 31.4 Å². The number of amides is 1. The summed E-state index contributed by atoms with van der Waals surface area (Å²) in [4.78, 5) is 21.0. The van der Waals surface area contributed by atoms with Crippen molar-refractivity contribution in [3.63, 3.8) is 0 Å². The van der Waals surface area contributed by atoms with E-state index < -0.39 is 0 Å². The van der Waals surface area contributed by atoms with Crippen LogP contribution in [0.25, 0.3) is 0 Å². The molecule has 3 heterocycles. The van der Waals surface area contributed by atoms with E-state index in [1.54, 1.807) is 0 Å². The van der Waals surface area contributed by atoms with Crippen LogP contribution in [0.15, 0.2) is 5.38 Å². The number of nitrogens with zero attached hydrogens (tertiary/aromatic N) is 3. The number of rotatable bonds is 3. The van der Waals surface area contributed by atoms with Gasteiger partial charge in [-0.25, -0.2) is 4.98 Å². The molecule has 1 unspecified atom stereocenters. The number of thiazole rings is 1. The first kappa shape index (κ1) is 13.8. The summed E-state index contributed by atoms with van der Waals surface area (Å²) in [6.07, 6.45) is 5.48. The second-order valence-corrected chi connectivity index (χ2v) is 6.62. The predicted octanol–water partition coefficient (Wildman–Crippen LogP) is 1.35. The van der Waals surface area contributed by atoms with Crippen molar-refractivity contribution >= 4 is 22.4 Å². The fraction of sp³-hybridized carbons (Fsp3) is 0.714. The van der Waals surface area contributed by atoms with Crippen LogP contribution in [-0.4, -0.2) is 52.9 Å². The highest BCUT2D eigenvalue weighted by atomic mass is 32.1. The number of anilines is 1. The smallest absolute Gasteiger partial charge is 0.228 e. The summed E-state index contributed by atoms with van der Waals surface area (Å²) in [5.41, 5.74) is 6.41. The number of hydrogen-bond acceptors (Lipinski definition) is 5. The molecule has 1 amide bonds. The van der Waals surface area contributed by atoms with Gasteiger partial charge in [-0.05, 0) is 32.4 Å². The quantitative estimate of drug-likeness (QED) is 0.914. The summed E-state index contributed by atoms with van der Waals surface area (Å²) in [6.45, 7) is 4.18. The lowest BCUT2D eigenvalue weighted by Gasteiger charge is -2.32. The van der Waals surface area contributed by atoms with Crippen molar-refractivity contribution in [3.05, 3.63) is 11.1 Å². The maximum absolute atomic E-state index is 12.3. The minimum atomic E-state index is 0.190. The average Bonchev–Trinajstić information content (AvgIpc) is 3.09. The third kappa shape index (κ3) is 3.12. The summed E-state index contributed by atoms with van der Waals surface area (Å²) in [5, 5.41) is 2.42. The summed E-state index contributed by atoms with van der Waals surface area (Å²) in [6, 6.07) is 0.569. The van der Waals surface area contributed by atoms with Gasteiger partial charge in [-0.1, -0.05) is 6.42 Å². The van der Waals surface area contributed by atoms with Crippen LogP contribution in [0.5, 0.6) is 0 Å². The molecule has 1 aromatic rings. The first-order valence-corrected chi connectivity index (χ1v) is 8.32. The third-order valence-electron chi connectivity index (χ3n) is 4.32. The first-order chi connectivity index (χ1) is 9.72. The second-order valence-electron chi connectivity index (χ2n) is 5.73. The van der Waals surface area contributed by atoms with Crippen LogP contribution >= 0.6 is 11.3 Å².